The van der Waals surface area contributed by atoms with Gasteiger partial charge in [0.25, 0.3) is 0 Å². The van der Waals surface area contributed by atoms with Gasteiger partial charge in [-0.2, -0.15) is 4.31 Å². The summed E-state index contributed by atoms with van der Waals surface area (Å²) < 4.78 is 54.4. The Morgan fingerprint density at radius 2 is 1.56 bits per heavy atom. The summed E-state index contributed by atoms with van der Waals surface area (Å²) in [6.07, 6.45) is 3.09. The molecule has 2 aliphatic heterocycles. The van der Waals surface area contributed by atoms with Crippen molar-refractivity contribution in [1.29, 1.82) is 5.41 Å². The van der Waals surface area contributed by atoms with Gasteiger partial charge in [0.1, 0.15) is 5.88 Å². The summed E-state index contributed by atoms with van der Waals surface area (Å²) >= 11 is 11.8. The fraction of sp³-hybridized carbons (Fsp3) is 0.417. The van der Waals surface area contributed by atoms with E-state index in [2.05, 4.69) is 4.99 Å². The molecule has 2 aromatic rings. The monoisotopic (exact) mass is 571 g/mol. The van der Waals surface area contributed by atoms with E-state index in [1.165, 1.54) is 59.1 Å². The Morgan fingerprint density at radius 3 is 2.14 bits per heavy atom. The van der Waals surface area contributed by atoms with Crippen LogP contribution < -0.4 is 0 Å². The van der Waals surface area contributed by atoms with Gasteiger partial charge in [0, 0.05) is 53.0 Å². The normalized spacial score (nSPS) is 25.7. The van der Waals surface area contributed by atoms with Gasteiger partial charge >= 0.3 is 0 Å². The molecule has 0 saturated carbocycles. The van der Waals surface area contributed by atoms with Crippen LogP contribution in [0, 0.1) is 17.2 Å². The second-order valence-electron chi connectivity index (χ2n) is 9.16. The fourth-order valence-corrected chi connectivity index (χ4v) is 8.04. The number of aliphatic imine (C=N–C) groups is 1. The highest BCUT2D eigenvalue weighted by atomic mass is 35.5. The molecule has 0 aliphatic carbocycles. The van der Waals surface area contributed by atoms with E-state index in [0.29, 0.717) is 35.0 Å². The molecular formula is C24H27Cl2N3O5S2. The van der Waals surface area contributed by atoms with Gasteiger partial charge in [0.05, 0.1) is 9.79 Å². The molecule has 0 amide bonds. The second-order valence-corrected chi connectivity index (χ2v) is 13.8. The molecule has 36 heavy (non-hydrogen) atoms. The lowest BCUT2D eigenvalue weighted by atomic mass is 9.84. The van der Waals surface area contributed by atoms with Crippen molar-refractivity contribution in [1.82, 2.24) is 4.31 Å². The summed E-state index contributed by atoms with van der Waals surface area (Å²) in [6, 6.07) is 10.6. The number of fused-ring (bicyclic) bond motifs is 2. The maximum atomic E-state index is 13.8. The van der Waals surface area contributed by atoms with Crippen molar-refractivity contribution in [2.75, 3.05) is 12.5 Å². The zero-order valence-electron chi connectivity index (χ0n) is 19.3. The molecule has 2 bridgehead atoms. The van der Waals surface area contributed by atoms with Crippen LogP contribution in [0.15, 0.2) is 63.3 Å². The van der Waals surface area contributed by atoms with E-state index in [9.17, 15) is 21.9 Å². The Kier molecular flexibility index (Phi) is 8.23. The maximum Gasteiger partial charge on any atom is 0.243 e. The van der Waals surface area contributed by atoms with E-state index in [1.807, 2.05) is 0 Å². The van der Waals surface area contributed by atoms with Crippen molar-refractivity contribution in [3.05, 3.63) is 58.6 Å². The zero-order chi connectivity index (χ0) is 26.1. The molecule has 194 valence electrons. The van der Waals surface area contributed by atoms with Crippen LogP contribution in [0.25, 0.3) is 0 Å². The van der Waals surface area contributed by atoms with Crippen molar-refractivity contribution in [3.63, 3.8) is 0 Å². The number of sulfonamides is 1. The van der Waals surface area contributed by atoms with Crippen LogP contribution in [0.1, 0.15) is 25.7 Å². The van der Waals surface area contributed by atoms with Gasteiger partial charge in [-0.25, -0.2) is 16.8 Å². The standard InChI is InChI=1S/C24H27Cl2N3O5S2/c25-17-2-7-20(8-3-17)35(31,32)15-28-13-22-23(27)12-19-6-1-16(14-30)11-24(22)29(19)36(33,34)21-9-4-18(26)5-10-21/h2-5,7-10,13,16,19,22,24,27,30H,1,6,11-12,14-15H2. The summed E-state index contributed by atoms with van der Waals surface area (Å²) in [7, 11) is -7.69. The van der Waals surface area contributed by atoms with Gasteiger partial charge < -0.3 is 10.5 Å². The lowest BCUT2D eigenvalue weighted by Crippen LogP contribution is -2.56. The van der Waals surface area contributed by atoms with Crippen LogP contribution in [0.5, 0.6) is 0 Å². The Bertz CT molecular complexity index is 1350. The molecule has 2 saturated heterocycles. The molecule has 4 atom stereocenters. The van der Waals surface area contributed by atoms with E-state index in [0.717, 1.165) is 0 Å². The molecule has 0 aromatic heterocycles. The fourth-order valence-electron chi connectivity index (χ4n) is 4.94. The van der Waals surface area contributed by atoms with Gasteiger partial charge in [-0.05, 0) is 73.7 Å². The minimum Gasteiger partial charge on any atom is -0.396 e. The van der Waals surface area contributed by atoms with Gasteiger partial charge in [0.15, 0.2) is 9.84 Å². The van der Waals surface area contributed by atoms with E-state index >= 15 is 0 Å². The number of piperidine rings is 1. The van der Waals surface area contributed by atoms with Crippen molar-refractivity contribution in [2.24, 2.45) is 16.8 Å². The largest absolute Gasteiger partial charge is 0.396 e. The van der Waals surface area contributed by atoms with E-state index in [1.54, 1.807) is 0 Å². The molecule has 2 heterocycles. The lowest BCUT2D eigenvalue weighted by Gasteiger charge is -2.43. The van der Waals surface area contributed by atoms with Gasteiger partial charge in [0.2, 0.25) is 10.0 Å². The average molecular weight is 573 g/mol. The first-order chi connectivity index (χ1) is 17.0. The summed E-state index contributed by atoms with van der Waals surface area (Å²) in [5.41, 5.74) is 0.304. The molecule has 2 aromatic carbocycles. The number of sulfone groups is 1. The topological polar surface area (TPSA) is 128 Å². The smallest absolute Gasteiger partial charge is 0.243 e. The highest BCUT2D eigenvalue weighted by Crippen LogP contribution is 2.40. The molecule has 0 spiro atoms. The third-order valence-corrected chi connectivity index (χ3v) is 10.7. The number of hydrogen-bond acceptors (Lipinski definition) is 7. The zero-order valence-corrected chi connectivity index (χ0v) is 22.4. The second kappa shape index (κ2) is 10.9. The average Bonchev–Trinajstić information content (AvgIpc) is 2.98. The number of aliphatic hydroxyl groups excluding tert-OH is 1. The first-order valence-electron chi connectivity index (χ1n) is 11.5. The predicted octanol–water partition coefficient (Wildman–Crippen LogP) is 4.06. The minimum atomic E-state index is -3.95. The number of hydrogen-bond donors (Lipinski definition) is 2. The molecular weight excluding hydrogens is 545 g/mol. The van der Waals surface area contributed by atoms with Gasteiger partial charge in [-0.15, -0.1) is 0 Å². The summed E-state index contributed by atoms with van der Waals surface area (Å²) in [5.74, 6) is -1.39. The molecule has 12 heteroatoms. The third kappa shape index (κ3) is 5.69. The molecule has 4 unspecified atom stereocenters. The minimum absolute atomic E-state index is 0.0737. The lowest BCUT2D eigenvalue weighted by molar-refractivity contribution is 0.183. The first kappa shape index (κ1) is 27.2. The van der Waals surface area contributed by atoms with Crippen molar-refractivity contribution < 1.29 is 21.9 Å². The first-order valence-corrected chi connectivity index (χ1v) is 15.3. The van der Waals surface area contributed by atoms with Crippen LogP contribution in [0.4, 0.5) is 0 Å². The van der Waals surface area contributed by atoms with E-state index < -0.39 is 43.7 Å². The molecule has 0 radical (unpaired) electrons. The molecule has 4 rings (SSSR count). The highest BCUT2D eigenvalue weighted by molar-refractivity contribution is 7.91. The number of benzene rings is 2. The Morgan fingerprint density at radius 1 is 0.972 bits per heavy atom. The predicted molar refractivity (Wildman–Crippen MR) is 140 cm³/mol. The summed E-state index contributed by atoms with van der Waals surface area (Å²) in [5, 5.41) is 19.4. The molecule has 8 nitrogen and oxygen atoms in total. The third-order valence-electron chi connectivity index (χ3n) is 6.77. The van der Waals surface area contributed by atoms with Crippen LogP contribution in [-0.4, -0.2) is 62.7 Å². The van der Waals surface area contributed by atoms with Gasteiger partial charge in [-0.3, -0.25) is 4.99 Å². The Balaban J connectivity index is 1.66. The van der Waals surface area contributed by atoms with Crippen molar-refractivity contribution in [2.45, 2.75) is 47.6 Å². The molecule has 2 aliphatic rings. The van der Waals surface area contributed by atoms with Crippen LogP contribution in [0.3, 0.4) is 0 Å². The van der Waals surface area contributed by atoms with Crippen LogP contribution in [-0.2, 0) is 19.9 Å². The number of halogens is 2. The van der Waals surface area contributed by atoms with Crippen molar-refractivity contribution >= 4 is 55.0 Å². The number of rotatable bonds is 7. The quantitative estimate of drug-likeness (QED) is 0.484. The molecule has 2 N–H and O–H groups in total. The van der Waals surface area contributed by atoms with Crippen molar-refractivity contribution in [3.8, 4) is 0 Å². The van der Waals surface area contributed by atoms with E-state index in [4.69, 9.17) is 28.6 Å². The number of nitrogens with zero attached hydrogens (tertiary/aromatic N) is 2. The summed E-state index contributed by atoms with van der Waals surface area (Å²) in [4.78, 5) is 4.33. The van der Waals surface area contributed by atoms with Crippen LogP contribution >= 0.6 is 23.2 Å². The Labute approximate surface area is 221 Å². The number of nitrogens with one attached hydrogen (secondary N) is 1. The molecule has 2 fully saturated rings. The SMILES string of the molecule is N=C1CC2CCC(CO)CC(C1C=NCS(=O)(=O)c1ccc(Cl)cc1)N2S(=O)(=O)c1ccc(Cl)cc1. The number of aliphatic hydroxyl groups is 1. The Hall–Kier alpha value is -1.82. The summed E-state index contributed by atoms with van der Waals surface area (Å²) in [6.45, 7) is -0.0970. The highest BCUT2D eigenvalue weighted by Gasteiger charge is 2.48. The van der Waals surface area contributed by atoms with Gasteiger partial charge in [-0.1, -0.05) is 23.2 Å². The van der Waals surface area contributed by atoms with Crippen LogP contribution in [0.2, 0.25) is 10.0 Å². The maximum absolute atomic E-state index is 13.8. The van der Waals surface area contributed by atoms with E-state index in [-0.39, 0.29) is 28.7 Å².